The Balaban J connectivity index is 1.49. The van der Waals surface area contributed by atoms with Crippen LogP contribution in [0.4, 0.5) is 8.78 Å². The maximum Gasteiger partial charge on any atom is 0.253 e. The smallest absolute Gasteiger partial charge is 0.253 e. The van der Waals surface area contributed by atoms with Crippen LogP contribution in [0.1, 0.15) is 36.0 Å². The van der Waals surface area contributed by atoms with Crippen molar-refractivity contribution in [2.45, 2.75) is 44.2 Å². The van der Waals surface area contributed by atoms with Crippen LogP contribution in [0.25, 0.3) is 10.9 Å². The van der Waals surface area contributed by atoms with Gasteiger partial charge in [-0.3, -0.25) is 4.79 Å². The first kappa shape index (κ1) is 20.6. The van der Waals surface area contributed by atoms with Gasteiger partial charge in [-0.25, -0.2) is 8.78 Å². The third-order valence-corrected chi connectivity index (χ3v) is 6.22. The topological polar surface area (TPSA) is 55.3 Å². The fourth-order valence-electron chi connectivity index (χ4n) is 4.24. The van der Waals surface area contributed by atoms with E-state index in [9.17, 15) is 13.6 Å². The van der Waals surface area contributed by atoms with Crippen molar-refractivity contribution in [3.8, 4) is 0 Å². The predicted octanol–water partition coefficient (Wildman–Crippen LogP) is 3.84. The number of hydrogen-bond acceptors (Lipinski definition) is 3. The molecule has 1 unspecified atom stereocenters. The lowest BCUT2D eigenvalue weighted by Crippen LogP contribution is -2.43. The molecule has 1 saturated carbocycles. The molecule has 1 atom stereocenters. The molecule has 1 aliphatic heterocycles. The van der Waals surface area contributed by atoms with Crippen molar-refractivity contribution in [1.29, 1.82) is 0 Å². The summed E-state index contributed by atoms with van der Waals surface area (Å²) in [5.41, 5.74) is 1.41. The molecule has 4 rings (SSSR count). The van der Waals surface area contributed by atoms with E-state index in [1.165, 1.54) is 0 Å². The zero-order valence-electron chi connectivity index (χ0n) is 16.2. The lowest BCUT2D eigenvalue weighted by Gasteiger charge is -2.28. The van der Waals surface area contributed by atoms with Gasteiger partial charge in [0.1, 0.15) is 0 Å². The van der Waals surface area contributed by atoms with Crippen LogP contribution in [-0.2, 0) is 11.3 Å². The van der Waals surface area contributed by atoms with Crippen molar-refractivity contribution >= 4 is 28.4 Å². The molecule has 8 heteroatoms. The Kier molecular flexibility index (Phi) is 6.08. The van der Waals surface area contributed by atoms with Crippen molar-refractivity contribution in [3.05, 3.63) is 35.0 Å². The number of nitrogens with zero attached hydrogens (tertiary/aromatic N) is 1. The Labute approximate surface area is 173 Å². The second-order valence-corrected chi connectivity index (χ2v) is 8.47. The maximum absolute atomic E-state index is 13.3. The van der Waals surface area contributed by atoms with Gasteiger partial charge < -0.3 is 19.9 Å². The molecule has 1 saturated heterocycles. The molecule has 0 bridgehead atoms. The summed E-state index contributed by atoms with van der Waals surface area (Å²) in [5.74, 6) is -2.68. The number of ether oxygens (including phenoxy) is 1. The molecule has 0 spiro atoms. The maximum atomic E-state index is 13.3. The summed E-state index contributed by atoms with van der Waals surface area (Å²) in [6.45, 7) is 3.20. The lowest BCUT2D eigenvalue weighted by atomic mass is 9.87. The van der Waals surface area contributed by atoms with E-state index < -0.39 is 5.92 Å². The zero-order chi connectivity index (χ0) is 20.4. The summed E-state index contributed by atoms with van der Waals surface area (Å²) in [5, 5.41) is 7.60. The van der Waals surface area contributed by atoms with E-state index >= 15 is 0 Å². The van der Waals surface area contributed by atoms with Gasteiger partial charge in [0.25, 0.3) is 5.91 Å². The highest BCUT2D eigenvalue weighted by molar-refractivity contribution is 6.36. The summed E-state index contributed by atoms with van der Waals surface area (Å²) < 4.78 is 34.2. The summed E-state index contributed by atoms with van der Waals surface area (Å²) in [6.07, 6.45) is 2.49. The molecule has 0 radical (unpaired) electrons. The molecule has 1 aromatic carbocycles. The van der Waals surface area contributed by atoms with Crippen molar-refractivity contribution in [1.82, 2.24) is 15.2 Å². The van der Waals surface area contributed by atoms with E-state index in [4.69, 9.17) is 16.3 Å². The van der Waals surface area contributed by atoms with Crippen LogP contribution in [0.5, 0.6) is 0 Å². The van der Waals surface area contributed by atoms with E-state index in [1.54, 1.807) is 6.07 Å². The van der Waals surface area contributed by atoms with E-state index in [1.807, 2.05) is 22.9 Å². The summed E-state index contributed by atoms with van der Waals surface area (Å²) in [4.78, 5) is 12.9. The molecule has 2 aromatic rings. The number of aromatic nitrogens is 1. The summed E-state index contributed by atoms with van der Waals surface area (Å²) >= 11 is 6.43. The highest BCUT2D eigenvalue weighted by Gasteiger charge is 2.35. The number of fused-ring (bicyclic) bond motifs is 1. The van der Waals surface area contributed by atoms with Crippen LogP contribution in [0.15, 0.2) is 24.4 Å². The van der Waals surface area contributed by atoms with Gasteiger partial charge in [0.05, 0.1) is 29.3 Å². The van der Waals surface area contributed by atoms with Gasteiger partial charge in [-0.05, 0) is 30.9 Å². The number of hydrogen-bond donors (Lipinski definition) is 2. The van der Waals surface area contributed by atoms with Gasteiger partial charge in [0.2, 0.25) is 5.92 Å². The predicted molar refractivity (Wildman–Crippen MR) is 109 cm³/mol. The minimum Gasteiger partial charge on any atom is -0.378 e. The van der Waals surface area contributed by atoms with Crippen LogP contribution < -0.4 is 10.6 Å². The van der Waals surface area contributed by atoms with E-state index in [0.29, 0.717) is 49.7 Å². The Morgan fingerprint density at radius 2 is 2.14 bits per heavy atom. The molecule has 1 aliphatic carbocycles. The molecule has 2 fully saturated rings. The molecular formula is C21H26ClF2N3O2. The van der Waals surface area contributed by atoms with E-state index in [-0.39, 0.29) is 30.7 Å². The third-order valence-electron chi connectivity index (χ3n) is 5.90. The Hall–Kier alpha value is -1.70. The molecular weight excluding hydrogens is 400 g/mol. The average Bonchev–Trinajstić information content (AvgIpc) is 3.08. The van der Waals surface area contributed by atoms with Crippen LogP contribution in [0.3, 0.4) is 0 Å². The number of rotatable bonds is 5. The standard InChI is InChI=1S/C21H26ClF2N3O2/c22-17-2-1-3-18-19(17)16(12-27(18)11-15-13-29-9-8-25-15)20(28)26-10-14-4-6-21(23,24)7-5-14/h1-3,12,14-15,25H,4-11,13H2,(H,26,28). The minimum atomic E-state index is -2.56. The third kappa shape index (κ3) is 4.73. The van der Waals surface area contributed by atoms with Crippen LogP contribution >= 0.6 is 11.6 Å². The highest BCUT2D eigenvalue weighted by atomic mass is 35.5. The quantitative estimate of drug-likeness (QED) is 0.765. The SMILES string of the molecule is O=C(NCC1CCC(F)(F)CC1)c1cn(CC2COCCN2)c2cccc(Cl)c12. The zero-order valence-corrected chi connectivity index (χ0v) is 17.0. The Morgan fingerprint density at radius 3 is 2.86 bits per heavy atom. The van der Waals surface area contributed by atoms with Crippen LogP contribution in [-0.4, -0.2) is 48.7 Å². The number of halogens is 3. The summed E-state index contributed by atoms with van der Waals surface area (Å²) in [6, 6.07) is 5.76. The summed E-state index contributed by atoms with van der Waals surface area (Å²) in [7, 11) is 0. The van der Waals surface area contributed by atoms with Crippen LogP contribution in [0, 0.1) is 5.92 Å². The van der Waals surface area contributed by atoms with E-state index in [0.717, 1.165) is 17.4 Å². The number of nitrogens with one attached hydrogen (secondary N) is 2. The van der Waals surface area contributed by atoms with Crippen molar-refractivity contribution < 1.29 is 18.3 Å². The molecule has 158 valence electrons. The molecule has 5 nitrogen and oxygen atoms in total. The molecule has 2 aliphatic rings. The minimum absolute atomic E-state index is 0.0889. The van der Waals surface area contributed by atoms with Crippen molar-refractivity contribution in [3.63, 3.8) is 0 Å². The van der Waals surface area contributed by atoms with Crippen LogP contribution in [0.2, 0.25) is 5.02 Å². The lowest BCUT2D eigenvalue weighted by molar-refractivity contribution is -0.0452. The molecule has 29 heavy (non-hydrogen) atoms. The number of morpholine rings is 1. The molecule has 2 heterocycles. The monoisotopic (exact) mass is 425 g/mol. The highest BCUT2D eigenvalue weighted by Crippen LogP contribution is 2.36. The van der Waals surface area contributed by atoms with Gasteiger partial charge in [0, 0.05) is 50.1 Å². The number of benzene rings is 1. The van der Waals surface area contributed by atoms with E-state index in [2.05, 4.69) is 10.6 Å². The average molecular weight is 426 g/mol. The van der Waals surface area contributed by atoms with Gasteiger partial charge in [-0.2, -0.15) is 0 Å². The molecule has 2 N–H and O–H groups in total. The normalized spacial score (nSPS) is 22.7. The second-order valence-electron chi connectivity index (χ2n) is 8.06. The molecule has 1 amide bonds. The first-order valence-corrected chi connectivity index (χ1v) is 10.6. The van der Waals surface area contributed by atoms with Gasteiger partial charge in [0.15, 0.2) is 0 Å². The van der Waals surface area contributed by atoms with Gasteiger partial charge >= 0.3 is 0 Å². The van der Waals surface area contributed by atoms with Gasteiger partial charge in [-0.15, -0.1) is 0 Å². The number of carbonyl (C=O) groups is 1. The number of amides is 1. The van der Waals surface area contributed by atoms with Gasteiger partial charge in [-0.1, -0.05) is 17.7 Å². The first-order chi connectivity index (χ1) is 13.9. The Bertz CT molecular complexity index is 870. The van der Waals surface area contributed by atoms with Crippen molar-refractivity contribution in [2.24, 2.45) is 5.92 Å². The Morgan fingerprint density at radius 1 is 1.34 bits per heavy atom. The fraction of sp³-hybridized carbons (Fsp3) is 0.571. The fourth-order valence-corrected chi connectivity index (χ4v) is 4.51. The molecule has 1 aromatic heterocycles. The van der Waals surface area contributed by atoms with Crippen molar-refractivity contribution in [2.75, 3.05) is 26.3 Å². The number of carbonyl (C=O) groups excluding carboxylic acids is 1. The largest absolute Gasteiger partial charge is 0.378 e. The first-order valence-electron chi connectivity index (χ1n) is 10.2. The number of alkyl halides is 2. The second kappa shape index (κ2) is 8.58.